The lowest BCUT2D eigenvalue weighted by atomic mass is 10.1. The predicted octanol–water partition coefficient (Wildman–Crippen LogP) is 1.27. The van der Waals surface area contributed by atoms with Crippen molar-refractivity contribution >= 4 is 11.6 Å². The van der Waals surface area contributed by atoms with E-state index in [2.05, 4.69) is 17.2 Å². The van der Waals surface area contributed by atoms with E-state index in [4.69, 9.17) is 11.6 Å². The van der Waals surface area contributed by atoms with Crippen LogP contribution in [0.25, 0.3) is 0 Å². The van der Waals surface area contributed by atoms with Gasteiger partial charge in [-0.3, -0.25) is 0 Å². The second kappa shape index (κ2) is 4.67. The van der Waals surface area contributed by atoms with Gasteiger partial charge in [-0.15, -0.1) is 0 Å². The van der Waals surface area contributed by atoms with Crippen LogP contribution in [-0.4, -0.2) is 24.3 Å². The fraction of sp³-hybridized carbons (Fsp3) is 0.333. The minimum atomic E-state index is -0.343. The molecule has 78 valence electrons. The molecule has 2 N–H and O–H groups in total. The molecule has 0 spiro atoms. The zero-order valence-electron chi connectivity index (χ0n) is 8.20. The van der Waals surface area contributed by atoms with Crippen LogP contribution >= 0.6 is 11.6 Å². The van der Waals surface area contributed by atoms with E-state index in [1.807, 2.05) is 24.3 Å². The number of nitrogens with one attached hydrogen (secondary N) is 1. The Morgan fingerprint density at radius 3 is 2.60 bits per heavy atom. The SMILES string of the molecule is O[C@@H]1CNC[C@H]1C#Cc1ccc(Cl)cc1. The zero-order valence-corrected chi connectivity index (χ0v) is 8.96. The Morgan fingerprint density at radius 1 is 1.27 bits per heavy atom. The number of aliphatic hydroxyl groups is 1. The summed E-state index contributed by atoms with van der Waals surface area (Å²) in [5.41, 5.74) is 0.929. The summed E-state index contributed by atoms with van der Waals surface area (Å²) in [6.45, 7) is 1.40. The Balaban J connectivity index is 2.07. The van der Waals surface area contributed by atoms with E-state index in [1.54, 1.807) is 0 Å². The van der Waals surface area contributed by atoms with Gasteiger partial charge in [0.1, 0.15) is 0 Å². The minimum absolute atomic E-state index is 0.0423. The van der Waals surface area contributed by atoms with Crippen molar-refractivity contribution < 1.29 is 5.11 Å². The van der Waals surface area contributed by atoms with Crippen molar-refractivity contribution in [1.29, 1.82) is 0 Å². The van der Waals surface area contributed by atoms with Gasteiger partial charge in [0.25, 0.3) is 0 Å². The second-order valence-electron chi connectivity index (χ2n) is 3.61. The number of hydrogen-bond donors (Lipinski definition) is 2. The summed E-state index contributed by atoms with van der Waals surface area (Å²) in [6, 6.07) is 7.39. The van der Waals surface area contributed by atoms with E-state index >= 15 is 0 Å². The normalized spacial score (nSPS) is 24.7. The summed E-state index contributed by atoms with van der Waals surface area (Å²) in [5, 5.41) is 13.3. The van der Waals surface area contributed by atoms with E-state index in [0.717, 1.165) is 12.1 Å². The smallest absolute Gasteiger partial charge is 0.0814 e. The van der Waals surface area contributed by atoms with E-state index in [-0.39, 0.29) is 12.0 Å². The van der Waals surface area contributed by atoms with Crippen molar-refractivity contribution in [2.75, 3.05) is 13.1 Å². The molecule has 0 aliphatic carbocycles. The molecule has 0 bridgehead atoms. The first kappa shape index (κ1) is 10.5. The third-order valence-electron chi connectivity index (χ3n) is 2.43. The monoisotopic (exact) mass is 221 g/mol. The average Bonchev–Trinajstić information content (AvgIpc) is 2.63. The second-order valence-corrected chi connectivity index (χ2v) is 4.04. The van der Waals surface area contributed by atoms with Crippen molar-refractivity contribution in [1.82, 2.24) is 5.32 Å². The average molecular weight is 222 g/mol. The quantitative estimate of drug-likeness (QED) is 0.647. The number of rotatable bonds is 0. The topological polar surface area (TPSA) is 32.3 Å². The van der Waals surface area contributed by atoms with Crippen LogP contribution in [-0.2, 0) is 0 Å². The van der Waals surface area contributed by atoms with E-state index in [0.29, 0.717) is 11.6 Å². The summed E-state index contributed by atoms with van der Waals surface area (Å²) in [4.78, 5) is 0. The highest BCUT2D eigenvalue weighted by Gasteiger charge is 2.22. The zero-order chi connectivity index (χ0) is 10.7. The van der Waals surface area contributed by atoms with Gasteiger partial charge < -0.3 is 10.4 Å². The summed E-state index contributed by atoms with van der Waals surface area (Å²) >= 11 is 5.76. The highest BCUT2D eigenvalue weighted by Crippen LogP contribution is 2.10. The highest BCUT2D eigenvalue weighted by atomic mass is 35.5. The Hall–Kier alpha value is -1.01. The fourth-order valence-electron chi connectivity index (χ4n) is 1.52. The molecule has 0 radical (unpaired) electrons. The third kappa shape index (κ3) is 2.73. The van der Waals surface area contributed by atoms with Crippen LogP contribution in [0, 0.1) is 17.8 Å². The number of halogens is 1. The lowest BCUT2D eigenvalue weighted by Crippen LogP contribution is -2.16. The molecule has 2 nitrogen and oxygen atoms in total. The van der Waals surface area contributed by atoms with Gasteiger partial charge in [-0.05, 0) is 24.3 Å². The maximum atomic E-state index is 9.52. The summed E-state index contributed by atoms with van der Waals surface area (Å²) in [7, 11) is 0. The number of aliphatic hydroxyl groups excluding tert-OH is 1. The van der Waals surface area contributed by atoms with Crippen molar-refractivity contribution in [2.24, 2.45) is 5.92 Å². The molecule has 1 aliphatic rings. The van der Waals surface area contributed by atoms with Crippen LogP contribution in [0.15, 0.2) is 24.3 Å². The summed E-state index contributed by atoms with van der Waals surface area (Å²) in [6.07, 6.45) is -0.343. The summed E-state index contributed by atoms with van der Waals surface area (Å²) in [5.74, 6) is 6.14. The van der Waals surface area contributed by atoms with Gasteiger partial charge in [-0.2, -0.15) is 0 Å². The van der Waals surface area contributed by atoms with Crippen LogP contribution in [0.4, 0.5) is 0 Å². The molecule has 2 rings (SSSR count). The van der Waals surface area contributed by atoms with Gasteiger partial charge in [-0.25, -0.2) is 0 Å². The molecule has 0 unspecified atom stereocenters. The molecule has 0 saturated carbocycles. The molecule has 1 heterocycles. The largest absolute Gasteiger partial charge is 0.390 e. The Morgan fingerprint density at radius 2 is 2.00 bits per heavy atom. The summed E-state index contributed by atoms with van der Waals surface area (Å²) < 4.78 is 0. The van der Waals surface area contributed by atoms with Crippen LogP contribution in [0.2, 0.25) is 5.02 Å². The van der Waals surface area contributed by atoms with Crippen molar-refractivity contribution in [2.45, 2.75) is 6.10 Å². The minimum Gasteiger partial charge on any atom is -0.390 e. The third-order valence-corrected chi connectivity index (χ3v) is 2.68. The van der Waals surface area contributed by atoms with Crippen LogP contribution in [0.5, 0.6) is 0 Å². The first-order chi connectivity index (χ1) is 7.25. The van der Waals surface area contributed by atoms with Gasteiger partial charge in [-0.1, -0.05) is 23.4 Å². The lowest BCUT2D eigenvalue weighted by molar-refractivity contribution is 0.171. The molecule has 1 aromatic carbocycles. The van der Waals surface area contributed by atoms with E-state index in [9.17, 15) is 5.11 Å². The standard InChI is InChI=1S/C12H12ClNO/c13-11-5-2-9(3-6-11)1-4-10-7-14-8-12(10)15/h2-3,5-6,10,12,14-15H,7-8H2/t10-,12-/m1/s1. The molecule has 3 heteroatoms. The van der Waals surface area contributed by atoms with Gasteiger partial charge >= 0.3 is 0 Å². The molecule has 0 aromatic heterocycles. The number of hydrogen-bond acceptors (Lipinski definition) is 2. The van der Waals surface area contributed by atoms with Crippen LogP contribution in [0.3, 0.4) is 0 Å². The molecule has 0 amide bonds. The first-order valence-electron chi connectivity index (χ1n) is 4.91. The number of benzene rings is 1. The van der Waals surface area contributed by atoms with Crippen LogP contribution in [0.1, 0.15) is 5.56 Å². The Kier molecular flexibility index (Phi) is 3.27. The Bertz CT molecular complexity index is 390. The molecule has 15 heavy (non-hydrogen) atoms. The maximum absolute atomic E-state index is 9.52. The molecular formula is C12H12ClNO. The van der Waals surface area contributed by atoms with Gasteiger partial charge in [0.2, 0.25) is 0 Å². The van der Waals surface area contributed by atoms with Crippen molar-refractivity contribution in [3.05, 3.63) is 34.9 Å². The van der Waals surface area contributed by atoms with Gasteiger partial charge in [0, 0.05) is 23.7 Å². The highest BCUT2D eigenvalue weighted by molar-refractivity contribution is 6.30. The lowest BCUT2D eigenvalue weighted by Gasteiger charge is -2.03. The molecule has 1 aromatic rings. The molecular weight excluding hydrogens is 210 g/mol. The molecule has 1 aliphatic heterocycles. The van der Waals surface area contributed by atoms with Crippen molar-refractivity contribution in [3.8, 4) is 11.8 Å². The van der Waals surface area contributed by atoms with E-state index < -0.39 is 0 Å². The molecule has 2 atom stereocenters. The van der Waals surface area contributed by atoms with Gasteiger partial charge in [0.15, 0.2) is 0 Å². The van der Waals surface area contributed by atoms with E-state index in [1.165, 1.54) is 0 Å². The van der Waals surface area contributed by atoms with Crippen molar-refractivity contribution in [3.63, 3.8) is 0 Å². The van der Waals surface area contributed by atoms with Crippen LogP contribution < -0.4 is 5.32 Å². The molecule has 1 fully saturated rings. The fourth-order valence-corrected chi connectivity index (χ4v) is 1.65. The Labute approximate surface area is 94.3 Å². The molecule has 1 saturated heterocycles. The number of β-amino-alcohol motifs (C(OH)–C–C–N with tert-alkyl or cyclic N) is 1. The predicted molar refractivity (Wildman–Crippen MR) is 60.7 cm³/mol. The van der Waals surface area contributed by atoms with Gasteiger partial charge in [0.05, 0.1) is 12.0 Å². The first-order valence-corrected chi connectivity index (χ1v) is 5.29. The maximum Gasteiger partial charge on any atom is 0.0814 e.